The van der Waals surface area contributed by atoms with Gasteiger partial charge in [-0.05, 0) is 41.5 Å². The SMILES string of the molecule is C[C@H]1OC(C)(C)N(C(=O)OC(C)(C)C)[C@H]1CI. The summed E-state index contributed by atoms with van der Waals surface area (Å²) in [6, 6.07) is 0.0699. The summed E-state index contributed by atoms with van der Waals surface area (Å²) in [7, 11) is 0. The summed E-state index contributed by atoms with van der Waals surface area (Å²) in [6.45, 7) is 11.4. The average Bonchev–Trinajstić information content (AvgIpc) is 2.31. The molecule has 1 heterocycles. The summed E-state index contributed by atoms with van der Waals surface area (Å²) < 4.78 is 12.1. The Kier molecular flexibility index (Phi) is 4.34. The van der Waals surface area contributed by atoms with Crippen molar-refractivity contribution >= 4 is 28.7 Å². The zero-order valence-electron chi connectivity index (χ0n) is 11.4. The minimum atomic E-state index is -0.600. The second-order valence-corrected chi connectivity index (χ2v) is 6.72. The fraction of sp³-hybridized carbons (Fsp3) is 0.917. The molecule has 4 nitrogen and oxygen atoms in total. The van der Waals surface area contributed by atoms with Crippen LogP contribution in [0.4, 0.5) is 4.79 Å². The number of hydrogen-bond acceptors (Lipinski definition) is 3. The smallest absolute Gasteiger partial charge is 0.412 e. The van der Waals surface area contributed by atoms with Gasteiger partial charge in [0.05, 0.1) is 12.1 Å². The zero-order valence-corrected chi connectivity index (χ0v) is 13.6. The lowest BCUT2D eigenvalue weighted by atomic mass is 10.2. The molecule has 0 aliphatic carbocycles. The molecule has 1 amide bonds. The Balaban J connectivity index is 2.89. The van der Waals surface area contributed by atoms with E-state index in [-0.39, 0.29) is 18.2 Å². The molecule has 0 saturated carbocycles. The maximum absolute atomic E-state index is 12.2. The van der Waals surface area contributed by atoms with Gasteiger partial charge in [0.25, 0.3) is 0 Å². The molecule has 1 rings (SSSR count). The number of nitrogens with zero attached hydrogens (tertiary/aromatic N) is 1. The van der Waals surface area contributed by atoms with Gasteiger partial charge in [0.15, 0.2) is 0 Å². The normalized spacial score (nSPS) is 28.3. The molecule has 0 bridgehead atoms. The highest BCUT2D eigenvalue weighted by molar-refractivity contribution is 14.1. The number of amides is 1. The molecule has 1 fully saturated rings. The molecular weight excluding hydrogens is 333 g/mol. The van der Waals surface area contributed by atoms with Crippen LogP contribution in [0.5, 0.6) is 0 Å². The monoisotopic (exact) mass is 355 g/mol. The predicted octanol–water partition coefficient (Wildman–Crippen LogP) is 3.18. The van der Waals surface area contributed by atoms with E-state index in [4.69, 9.17) is 9.47 Å². The maximum Gasteiger partial charge on any atom is 0.412 e. The van der Waals surface area contributed by atoms with Crippen molar-refractivity contribution in [3.05, 3.63) is 0 Å². The van der Waals surface area contributed by atoms with Crippen molar-refractivity contribution in [2.24, 2.45) is 0 Å². The van der Waals surface area contributed by atoms with Crippen molar-refractivity contribution in [1.82, 2.24) is 4.90 Å². The third kappa shape index (κ3) is 3.47. The van der Waals surface area contributed by atoms with Gasteiger partial charge in [0, 0.05) is 4.43 Å². The Bertz CT molecular complexity index is 299. The number of ether oxygens (including phenoxy) is 2. The van der Waals surface area contributed by atoms with Gasteiger partial charge in [0.1, 0.15) is 11.3 Å². The molecule has 17 heavy (non-hydrogen) atoms. The number of rotatable bonds is 1. The van der Waals surface area contributed by atoms with E-state index in [1.807, 2.05) is 41.5 Å². The van der Waals surface area contributed by atoms with Gasteiger partial charge < -0.3 is 9.47 Å². The molecule has 1 aliphatic rings. The molecule has 100 valence electrons. The van der Waals surface area contributed by atoms with Gasteiger partial charge in [-0.3, -0.25) is 4.90 Å². The summed E-state index contributed by atoms with van der Waals surface area (Å²) >= 11 is 2.28. The molecule has 0 spiro atoms. The first-order valence-corrected chi connectivity index (χ1v) is 7.37. The van der Waals surface area contributed by atoms with Crippen LogP contribution < -0.4 is 0 Å². The molecular formula is C12H22INO3. The Morgan fingerprint density at radius 3 is 2.41 bits per heavy atom. The van der Waals surface area contributed by atoms with Gasteiger partial charge in [-0.15, -0.1) is 0 Å². The third-order valence-electron chi connectivity index (χ3n) is 2.68. The second kappa shape index (κ2) is 4.91. The molecule has 0 unspecified atom stereocenters. The molecule has 0 aromatic heterocycles. The standard InChI is InChI=1S/C12H22INO3/c1-8-9(7-13)14(12(5,6)16-8)10(15)17-11(2,3)4/h8-9H,7H2,1-6H3/t8-,9+/m1/s1. The first-order chi connectivity index (χ1) is 7.58. The molecule has 0 aromatic rings. The van der Waals surface area contributed by atoms with Crippen LogP contribution in [0.1, 0.15) is 41.5 Å². The molecule has 0 radical (unpaired) electrons. The van der Waals surface area contributed by atoms with Crippen LogP contribution in [0.15, 0.2) is 0 Å². The van der Waals surface area contributed by atoms with E-state index in [0.717, 1.165) is 4.43 Å². The molecule has 5 heteroatoms. The minimum Gasteiger partial charge on any atom is -0.444 e. The van der Waals surface area contributed by atoms with Crippen LogP contribution in [0.3, 0.4) is 0 Å². The van der Waals surface area contributed by atoms with Crippen molar-refractivity contribution < 1.29 is 14.3 Å². The lowest BCUT2D eigenvalue weighted by Gasteiger charge is -2.34. The summed E-state index contributed by atoms with van der Waals surface area (Å²) in [6.07, 6.45) is -0.261. The molecule has 0 aromatic carbocycles. The van der Waals surface area contributed by atoms with E-state index in [2.05, 4.69) is 22.6 Å². The fourth-order valence-electron chi connectivity index (χ4n) is 2.06. The number of halogens is 1. The number of carbonyl (C=O) groups is 1. The Morgan fingerprint density at radius 1 is 1.47 bits per heavy atom. The van der Waals surface area contributed by atoms with Crippen molar-refractivity contribution in [3.63, 3.8) is 0 Å². The fourth-order valence-corrected chi connectivity index (χ4v) is 3.17. The highest BCUT2D eigenvalue weighted by atomic mass is 127. The van der Waals surface area contributed by atoms with Crippen molar-refractivity contribution in [3.8, 4) is 0 Å². The highest BCUT2D eigenvalue weighted by Gasteiger charge is 2.48. The van der Waals surface area contributed by atoms with Crippen molar-refractivity contribution in [2.75, 3.05) is 4.43 Å². The van der Waals surface area contributed by atoms with Gasteiger partial charge in [-0.1, -0.05) is 22.6 Å². The summed E-state index contributed by atoms with van der Waals surface area (Å²) in [5, 5.41) is 0. The van der Waals surface area contributed by atoms with E-state index in [1.165, 1.54) is 0 Å². The van der Waals surface area contributed by atoms with Gasteiger partial charge in [-0.25, -0.2) is 4.79 Å². The van der Waals surface area contributed by atoms with E-state index >= 15 is 0 Å². The minimum absolute atomic E-state index is 0.0365. The van der Waals surface area contributed by atoms with E-state index in [1.54, 1.807) is 4.90 Å². The quantitative estimate of drug-likeness (QED) is 0.536. The van der Waals surface area contributed by atoms with Crippen LogP contribution in [-0.4, -0.2) is 38.9 Å². The van der Waals surface area contributed by atoms with Gasteiger partial charge in [-0.2, -0.15) is 0 Å². The Morgan fingerprint density at radius 2 is 2.00 bits per heavy atom. The number of alkyl halides is 1. The molecule has 2 atom stereocenters. The summed E-state index contributed by atoms with van der Waals surface area (Å²) in [5.41, 5.74) is -1.08. The van der Waals surface area contributed by atoms with E-state index in [9.17, 15) is 4.79 Å². The van der Waals surface area contributed by atoms with Gasteiger partial charge >= 0.3 is 6.09 Å². The van der Waals surface area contributed by atoms with Crippen LogP contribution in [-0.2, 0) is 9.47 Å². The Labute approximate surface area is 117 Å². The first-order valence-electron chi connectivity index (χ1n) is 5.84. The lowest BCUT2D eigenvalue weighted by molar-refractivity contribution is -0.0753. The van der Waals surface area contributed by atoms with Crippen LogP contribution in [0.2, 0.25) is 0 Å². The topological polar surface area (TPSA) is 38.8 Å². The molecule has 1 aliphatic heterocycles. The number of carbonyl (C=O) groups excluding carboxylic acids is 1. The van der Waals surface area contributed by atoms with Crippen LogP contribution in [0, 0.1) is 0 Å². The van der Waals surface area contributed by atoms with Gasteiger partial charge in [0.2, 0.25) is 0 Å². The van der Waals surface area contributed by atoms with Crippen molar-refractivity contribution in [1.29, 1.82) is 0 Å². The molecule has 0 N–H and O–H groups in total. The Hall–Kier alpha value is -0.0400. The number of hydrogen-bond donors (Lipinski definition) is 0. The first kappa shape index (κ1) is 15.0. The van der Waals surface area contributed by atoms with E-state index in [0.29, 0.717) is 0 Å². The lowest BCUT2D eigenvalue weighted by Crippen LogP contribution is -2.50. The predicted molar refractivity (Wildman–Crippen MR) is 75.4 cm³/mol. The van der Waals surface area contributed by atoms with E-state index < -0.39 is 11.3 Å². The van der Waals surface area contributed by atoms with Crippen LogP contribution in [0.25, 0.3) is 0 Å². The molecule has 1 saturated heterocycles. The largest absolute Gasteiger partial charge is 0.444 e. The van der Waals surface area contributed by atoms with Crippen LogP contribution >= 0.6 is 22.6 Å². The van der Waals surface area contributed by atoms with Crippen molar-refractivity contribution in [2.45, 2.75) is 65.0 Å². The highest BCUT2D eigenvalue weighted by Crippen LogP contribution is 2.34. The second-order valence-electron chi connectivity index (χ2n) is 5.84. The summed E-state index contributed by atoms with van der Waals surface area (Å²) in [4.78, 5) is 13.9. The summed E-state index contributed by atoms with van der Waals surface area (Å²) in [5.74, 6) is 0. The third-order valence-corrected chi connectivity index (χ3v) is 3.58. The maximum atomic E-state index is 12.2. The zero-order chi connectivity index (χ0) is 13.4. The average molecular weight is 355 g/mol.